The SMILES string of the molecule is O=S(=O)(c1cccc2nsnc12)N1CC(Cn2ccnn2)C1. The molecule has 0 radical (unpaired) electrons. The van der Waals surface area contributed by atoms with Crippen molar-refractivity contribution in [1.29, 1.82) is 0 Å². The lowest BCUT2D eigenvalue weighted by Gasteiger charge is -2.37. The maximum atomic E-state index is 12.7. The second-order valence-corrected chi connectivity index (χ2v) is 7.64. The topological polar surface area (TPSA) is 93.9 Å². The van der Waals surface area contributed by atoms with Gasteiger partial charge in [0.15, 0.2) is 0 Å². The van der Waals surface area contributed by atoms with E-state index in [1.165, 1.54) is 4.31 Å². The van der Waals surface area contributed by atoms with Crippen LogP contribution in [0.1, 0.15) is 0 Å². The van der Waals surface area contributed by atoms with Crippen molar-refractivity contribution in [1.82, 2.24) is 28.0 Å². The van der Waals surface area contributed by atoms with E-state index in [2.05, 4.69) is 19.1 Å². The van der Waals surface area contributed by atoms with Gasteiger partial charge >= 0.3 is 0 Å². The van der Waals surface area contributed by atoms with E-state index in [0.29, 0.717) is 30.7 Å². The standard InChI is InChI=1S/C12H12N6O2S2/c19-22(20,11-3-1-2-10-12(11)15-21-14-10)18-7-9(8-18)6-17-5-4-13-16-17/h1-5,9H,6-8H2. The molecule has 3 heterocycles. The number of hydrogen-bond donors (Lipinski definition) is 0. The Hall–Kier alpha value is -1.91. The number of aromatic nitrogens is 5. The molecule has 0 unspecified atom stereocenters. The van der Waals surface area contributed by atoms with Crippen LogP contribution in [0.15, 0.2) is 35.5 Å². The highest BCUT2D eigenvalue weighted by molar-refractivity contribution is 7.89. The summed E-state index contributed by atoms with van der Waals surface area (Å²) in [5, 5.41) is 7.64. The van der Waals surface area contributed by atoms with Gasteiger partial charge in [0.1, 0.15) is 15.9 Å². The van der Waals surface area contributed by atoms with Gasteiger partial charge in [-0.3, -0.25) is 4.68 Å². The predicted octanol–water partition coefficient (Wildman–Crippen LogP) is 0.603. The molecule has 0 N–H and O–H groups in total. The number of sulfonamides is 1. The molecule has 10 heteroatoms. The van der Waals surface area contributed by atoms with Crippen LogP contribution in [0.5, 0.6) is 0 Å². The number of rotatable bonds is 4. The van der Waals surface area contributed by atoms with Crippen molar-refractivity contribution >= 4 is 32.8 Å². The quantitative estimate of drug-likeness (QED) is 0.693. The van der Waals surface area contributed by atoms with E-state index in [1.807, 2.05) is 0 Å². The van der Waals surface area contributed by atoms with Crippen molar-refractivity contribution < 1.29 is 8.42 Å². The predicted molar refractivity (Wildman–Crippen MR) is 79.7 cm³/mol. The highest BCUT2D eigenvalue weighted by Crippen LogP contribution is 2.29. The molecule has 3 aromatic rings. The van der Waals surface area contributed by atoms with E-state index in [4.69, 9.17) is 0 Å². The zero-order valence-corrected chi connectivity index (χ0v) is 13.0. The molecule has 0 atom stereocenters. The maximum Gasteiger partial charge on any atom is 0.245 e. The van der Waals surface area contributed by atoms with E-state index in [1.54, 1.807) is 35.3 Å². The van der Waals surface area contributed by atoms with Crippen LogP contribution < -0.4 is 0 Å². The van der Waals surface area contributed by atoms with Gasteiger partial charge in [0.05, 0.1) is 17.9 Å². The smallest absolute Gasteiger partial charge is 0.245 e. The molecule has 22 heavy (non-hydrogen) atoms. The molecular formula is C12H12N6O2S2. The minimum absolute atomic E-state index is 0.234. The molecule has 2 aromatic heterocycles. The molecule has 0 spiro atoms. The summed E-state index contributed by atoms with van der Waals surface area (Å²) in [5.41, 5.74) is 1.07. The van der Waals surface area contributed by atoms with Crippen molar-refractivity contribution in [2.45, 2.75) is 11.4 Å². The second-order valence-electron chi connectivity index (χ2n) is 5.20. The third-order valence-electron chi connectivity index (χ3n) is 3.71. The average Bonchev–Trinajstić information content (AvgIpc) is 3.12. The van der Waals surface area contributed by atoms with Gasteiger partial charge in [-0.1, -0.05) is 11.3 Å². The first-order chi connectivity index (χ1) is 10.6. The summed E-state index contributed by atoms with van der Waals surface area (Å²) in [6, 6.07) is 5.05. The Bertz CT molecular complexity index is 899. The number of nitrogens with zero attached hydrogens (tertiary/aromatic N) is 6. The summed E-state index contributed by atoms with van der Waals surface area (Å²) < 4.78 is 36.8. The van der Waals surface area contributed by atoms with Gasteiger partial charge in [0.25, 0.3) is 0 Å². The Labute approximate surface area is 130 Å². The monoisotopic (exact) mass is 336 g/mol. The summed E-state index contributed by atoms with van der Waals surface area (Å²) >= 11 is 1.02. The lowest BCUT2D eigenvalue weighted by atomic mass is 10.0. The minimum atomic E-state index is -3.52. The van der Waals surface area contributed by atoms with Gasteiger partial charge < -0.3 is 0 Å². The molecule has 0 aliphatic carbocycles. The van der Waals surface area contributed by atoms with E-state index >= 15 is 0 Å². The zero-order chi connectivity index (χ0) is 15.2. The molecule has 8 nitrogen and oxygen atoms in total. The van der Waals surface area contributed by atoms with Crippen molar-refractivity contribution in [3.63, 3.8) is 0 Å². The van der Waals surface area contributed by atoms with Gasteiger partial charge in [-0.05, 0) is 12.1 Å². The van der Waals surface area contributed by atoms with E-state index in [9.17, 15) is 8.42 Å². The second kappa shape index (κ2) is 5.07. The number of fused-ring (bicyclic) bond motifs is 1. The summed E-state index contributed by atoms with van der Waals surface area (Å²) in [5.74, 6) is 0.254. The van der Waals surface area contributed by atoms with Crippen molar-refractivity contribution in [3.8, 4) is 0 Å². The average molecular weight is 336 g/mol. The molecule has 1 aliphatic rings. The third-order valence-corrected chi connectivity index (χ3v) is 6.11. The molecule has 114 valence electrons. The highest BCUT2D eigenvalue weighted by Gasteiger charge is 2.38. The summed E-state index contributed by atoms with van der Waals surface area (Å²) in [7, 11) is -3.52. The first-order valence-corrected chi connectivity index (χ1v) is 8.87. The molecule has 0 amide bonds. The van der Waals surface area contributed by atoms with Crippen molar-refractivity contribution in [2.75, 3.05) is 13.1 Å². The van der Waals surface area contributed by atoms with Crippen LogP contribution in [0, 0.1) is 5.92 Å². The molecule has 0 saturated carbocycles. The van der Waals surface area contributed by atoms with Crippen molar-refractivity contribution in [3.05, 3.63) is 30.6 Å². The van der Waals surface area contributed by atoms with Crippen LogP contribution in [0.2, 0.25) is 0 Å². The summed E-state index contributed by atoms with van der Waals surface area (Å²) in [6.07, 6.45) is 3.39. The minimum Gasteiger partial charge on any atom is -0.252 e. The molecule has 1 aromatic carbocycles. The molecular weight excluding hydrogens is 324 g/mol. The number of benzene rings is 1. The van der Waals surface area contributed by atoms with Crippen LogP contribution in [-0.4, -0.2) is 49.6 Å². The fourth-order valence-corrected chi connectivity index (χ4v) is 4.90. The van der Waals surface area contributed by atoms with E-state index in [-0.39, 0.29) is 10.8 Å². The first-order valence-electron chi connectivity index (χ1n) is 6.70. The van der Waals surface area contributed by atoms with Gasteiger partial charge in [0.2, 0.25) is 10.0 Å². The van der Waals surface area contributed by atoms with E-state index < -0.39 is 10.0 Å². The van der Waals surface area contributed by atoms with Gasteiger partial charge in [-0.2, -0.15) is 13.1 Å². The van der Waals surface area contributed by atoms with Gasteiger partial charge in [-0.15, -0.1) is 5.10 Å². The molecule has 1 fully saturated rings. The first kappa shape index (κ1) is 13.7. The molecule has 1 saturated heterocycles. The van der Waals surface area contributed by atoms with E-state index in [0.717, 1.165) is 11.7 Å². The van der Waals surface area contributed by atoms with Crippen molar-refractivity contribution in [2.24, 2.45) is 5.92 Å². The van der Waals surface area contributed by atoms with Crippen LogP contribution in [-0.2, 0) is 16.6 Å². The highest BCUT2D eigenvalue weighted by atomic mass is 32.2. The maximum absolute atomic E-state index is 12.7. The third kappa shape index (κ3) is 2.19. The largest absolute Gasteiger partial charge is 0.252 e. The molecule has 4 rings (SSSR count). The Morgan fingerprint density at radius 3 is 2.91 bits per heavy atom. The lowest BCUT2D eigenvalue weighted by molar-refractivity contribution is 0.174. The Morgan fingerprint density at radius 2 is 2.14 bits per heavy atom. The van der Waals surface area contributed by atoms with Gasteiger partial charge in [0, 0.05) is 31.7 Å². The lowest BCUT2D eigenvalue weighted by Crippen LogP contribution is -2.51. The fourth-order valence-electron chi connectivity index (χ4n) is 2.56. The van der Waals surface area contributed by atoms with Crippen LogP contribution in [0.25, 0.3) is 11.0 Å². The van der Waals surface area contributed by atoms with Crippen LogP contribution >= 0.6 is 11.7 Å². The summed E-state index contributed by atoms with van der Waals surface area (Å²) in [6.45, 7) is 1.64. The molecule has 1 aliphatic heterocycles. The fraction of sp³-hybridized carbons (Fsp3) is 0.333. The molecule has 0 bridgehead atoms. The summed E-state index contributed by atoms with van der Waals surface area (Å²) in [4.78, 5) is 0.234. The number of hydrogen-bond acceptors (Lipinski definition) is 7. The Balaban J connectivity index is 1.54. The van der Waals surface area contributed by atoms with Gasteiger partial charge in [-0.25, -0.2) is 8.42 Å². The van der Waals surface area contributed by atoms with Crippen LogP contribution in [0.4, 0.5) is 0 Å². The Kier molecular flexibility index (Phi) is 3.17. The zero-order valence-electron chi connectivity index (χ0n) is 11.4. The normalized spacial score (nSPS) is 16.9. The Morgan fingerprint density at radius 1 is 1.27 bits per heavy atom. The van der Waals surface area contributed by atoms with Crippen LogP contribution in [0.3, 0.4) is 0 Å².